The predicted molar refractivity (Wildman–Crippen MR) is 113 cm³/mol. The molecule has 1 aromatic heterocycles. The van der Waals surface area contributed by atoms with Crippen molar-refractivity contribution in [1.29, 1.82) is 0 Å². The van der Waals surface area contributed by atoms with E-state index in [1.165, 1.54) is 29.3 Å². The van der Waals surface area contributed by atoms with Gasteiger partial charge in [0.05, 0.1) is 17.4 Å². The quantitative estimate of drug-likeness (QED) is 0.316. The summed E-state index contributed by atoms with van der Waals surface area (Å²) in [5.74, 6) is -0.401. The van der Waals surface area contributed by atoms with Crippen LogP contribution in [0.5, 0.6) is 0 Å². The van der Waals surface area contributed by atoms with Gasteiger partial charge >= 0.3 is 6.18 Å². The summed E-state index contributed by atoms with van der Waals surface area (Å²) in [6.45, 7) is 2.10. The average Bonchev–Trinajstić information content (AvgIpc) is 3.08. The van der Waals surface area contributed by atoms with Gasteiger partial charge in [-0.1, -0.05) is 13.0 Å². The van der Waals surface area contributed by atoms with Crippen molar-refractivity contribution < 1.29 is 17.6 Å². The minimum atomic E-state index is -4.24. The van der Waals surface area contributed by atoms with E-state index < -0.39 is 6.18 Å². The van der Waals surface area contributed by atoms with Crippen LogP contribution < -0.4 is 0 Å². The van der Waals surface area contributed by atoms with Crippen molar-refractivity contribution >= 4 is 10.9 Å². The number of hydrogen-bond acceptors (Lipinski definition) is 1. The summed E-state index contributed by atoms with van der Waals surface area (Å²) in [6.07, 6.45) is 2.94. The molecule has 162 valence electrons. The van der Waals surface area contributed by atoms with E-state index in [4.69, 9.17) is 0 Å². The molecule has 0 amide bonds. The number of aryl methyl sites for hydroxylation is 1. The Morgan fingerprint density at radius 3 is 2.61 bits per heavy atom. The SMILES string of the molecule is CC[C@@]12CCC(C(F)(F)F)=C[C@H]1CCCc1cc3c(cnn3-c3ccc(F)cc3)cc12. The Labute approximate surface area is 178 Å². The van der Waals surface area contributed by atoms with Gasteiger partial charge in [-0.05, 0) is 92.0 Å². The van der Waals surface area contributed by atoms with Crippen molar-refractivity contribution in [1.82, 2.24) is 9.78 Å². The molecule has 0 saturated heterocycles. The van der Waals surface area contributed by atoms with Crippen molar-refractivity contribution in [3.05, 3.63) is 71.2 Å². The predicted octanol–water partition coefficient (Wildman–Crippen LogP) is 7.05. The molecule has 2 aromatic carbocycles. The number of nitrogens with zero attached hydrogens (tertiary/aromatic N) is 2. The maximum Gasteiger partial charge on any atom is 0.412 e. The zero-order valence-corrected chi connectivity index (χ0v) is 17.3. The lowest BCUT2D eigenvalue weighted by molar-refractivity contribution is -0.0969. The van der Waals surface area contributed by atoms with Crippen LogP contribution in [-0.2, 0) is 11.8 Å². The number of benzene rings is 2. The van der Waals surface area contributed by atoms with Gasteiger partial charge in [0.25, 0.3) is 0 Å². The molecule has 5 rings (SSSR count). The Bertz CT molecular complexity index is 1160. The van der Waals surface area contributed by atoms with Crippen LogP contribution in [0.25, 0.3) is 16.6 Å². The van der Waals surface area contributed by atoms with Crippen LogP contribution in [0, 0.1) is 11.7 Å². The molecule has 0 N–H and O–H groups in total. The summed E-state index contributed by atoms with van der Waals surface area (Å²) in [5, 5.41) is 5.48. The molecular weight excluding hydrogens is 404 g/mol. The fourth-order valence-electron chi connectivity index (χ4n) is 5.68. The lowest BCUT2D eigenvalue weighted by Crippen LogP contribution is -2.38. The zero-order valence-electron chi connectivity index (χ0n) is 17.3. The molecule has 1 heterocycles. The van der Waals surface area contributed by atoms with Crippen molar-refractivity contribution in [2.45, 2.75) is 57.0 Å². The average molecular weight is 428 g/mol. The van der Waals surface area contributed by atoms with Gasteiger partial charge in [0.1, 0.15) is 5.82 Å². The fraction of sp³-hybridized carbons (Fsp3) is 0.400. The number of rotatable bonds is 2. The van der Waals surface area contributed by atoms with E-state index in [-0.39, 0.29) is 29.1 Å². The zero-order chi connectivity index (χ0) is 21.8. The van der Waals surface area contributed by atoms with E-state index in [1.807, 2.05) is 0 Å². The Balaban J connectivity index is 1.65. The molecule has 0 spiro atoms. The van der Waals surface area contributed by atoms with E-state index in [0.29, 0.717) is 6.42 Å². The molecule has 0 aliphatic heterocycles. The lowest BCUT2D eigenvalue weighted by Gasteiger charge is -2.43. The number of alkyl halides is 3. The highest BCUT2D eigenvalue weighted by molar-refractivity contribution is 5.82. The topological polar surface area (TPSA) is 17.8 Å². The van der Waals surface area contributed by atoms with Gasteiger partial charge in [0.15, 0.2) is 0 Å². The minimum Gasteiger partial charge on any atom is -0.233 e. The van der Waals surface area contributed by atoms with E-state index in [9.17, 15) is 17.6 Å². The Hall–Kier alpha value is -2.63. The molecule has 2 atom stereocenters. The van der Waals surface area contributed by atoms with Crippen LogP contribution in [0.3, 0.4) is 0 Å². The summed E-state index contributed by atoms with van der Waals surface area (Å²) in [4.78, 5) is 0. The lowest BCUT2D eigenvalue weighted by atomic mass is 9.61. The first-order valence-corrected chi connectivity index (χ1v) is 10.9. The first-order valence-electron chi connectivity index (χ1n) is 10.9. The molecular formula is C25H24F4N2. The molecule has 2 aliphatic carbocycles. The maximum atomic E-state index is 13.4. The second-order valence-corrected chi connectivity index (χ2v) is 8.80. The fourth-order valence-corrected chi connectivity index (χ4v) is 5.68. The van der Waals surface area contributed by atoms with Gasteiger partial charge in [0, 0.05) is 16.4 Å². The van der Waals surface area contributed by atoms with E-state index in [2.05, 4.69) is 24.2 Å². The molecule has 2 nitrogen and oxygen atoms in total. The highest BCUT2D eigenvalue weighted by Crippen LogP contribution is 2.52. The van der Waals surface area contributed by atoms with Crippen LogP contribution >= 0.6 is 0 Å². The summed E-state index contributed by atoms with van der Waals surface area (Å²) < 4.78 is 55.4. The van der Waals surface area contributed by atoms with Crippen molar-refractivity contribution in [2.24, 2.45) is 5.92 Å². The third-order valence-corrected chi connectivity index (χ3v) is 7.31. The molecule has 0 bridgehead atoms. The van der Waals surface area contributed by atoms with Crippen molar-refractivity contribution in [2.75, 3.05) is 0 Å². The van der Waals surface area contributed by atoms with Gasteiger partial charge in [-0.2, -0.15) is 18.3 Å². The standard InChI is InChI=1S/C25H24F4N2/c1-2-24-11-10-19(25(27,28)29)14-18(24)5-3-4-16-13-23-17(12-22(16)24)15-30-31(23)21-8-6-20(26)7-9-21/h6-9,12-15,18H,2-5,10-11H2,1H3/t18-,24-/m1/s1. The van der Waals surface area contributed by atoms with Crippen LogP contribution in [-0.4, -0.2) is 16.0 Å². The number of aromatic nitrogens is 2. The molecule has 0 unspecified atom stereocenters. The second-order valence-electron chi connectivity index (χ2n) is 8.80. The molecule has 0 radical (unpaired) electrons. The van der Waals surface area contributed by atoms with Crippen LogP contribution in [0.4, 0.5) is 17.6 Å². The van der Waals surface area contributed by atoms with Crippen molar-refractivity contribution in [3.8, 4) is 5.69 Å². The third-order valence-electron chi connectivity index (χ3n) is 7.31. The Kier molecular flexibility index (Phi) is 4.72. The van der Waals surface area contributed by atoms with Gasteiger partial charge in [-0.25, -0.2) is 9.07 Å². The van der Waals surface area contributed by atoms with Crippen LogP contribution in [0.2, 0.25) is 0 Å². The normalized spacial score (nSPS) is 23.8. The van der Waals surface area contributed by atoms with Crippen LogP contribution in [0.15, 0.2) is 54.2 Å². The third kappa shape index (κ3) is 3.27. The summed E-state index contributed by atoms with van der Waals surface area (Å²) in [7, 11) is 0. The van der Waals surface area contributed by atoms with Gasteiger partial charge in [-0.3, -0.25) is 0 Å². The maximum absolute atomic E-state index is 13.4. The minimum absolute atomic E-state index is 0.0696. The number of halogens is 4. The summed E-state index contributed by atoms with van der Waals surface area (Å²) >= 11 is 0. The second kappa shape index (κ2) is 7.21. The molecule has 6 heteroatoms. The summed E-state index contributed by atoms with van der Waals surface area (Å²) in [6, 6.07) is 10.5. The van der Waals surface area contributed by atoms with E-state index in [1.54, 1.807) is 23.0 Å². The molecule has 2 aliphatic rings. The number of hydrogen-bond donors (Lipinski definition) is 0. The summed E-state index contributed by atoms with van der Waals surface area (Å²) in [5.41, 5.74) is 3.47. The van der Waals surface area contributed by atoms with Gasteiger partial charge < -0.3 is 0 Å². The van der Waals surface area contributed by atoms with Gasteiger partial charge in [-0.15, -0.1) is 0 Å². The number of fused-ring (bicyclic) bond motifs is 4. The smallest absolute Gasteiger partial charge is 0.233 e. The first kappa shape index (κ1) is 20.3. The molecule has 0 saturated carbocycles. The highest BCUT2D eigenvalue weighted by Gasteiger charge is 2.47. The molecule has 3 aromatic rings. The van der Waals surface area contributed by atoms with E-state index in [0.717, 1.165) is 42.3 Å². The molecule has 0 fully saturated rings. The largest absolute Gasteiger partial charge is 0.412 e. The Morgan fingerprint density at radius 1 is 1.13 bits per heavy atom. The first-order chi connectivity index (χ1) is 14.8. The monoisotopic (exact) mass is 428 g/mol. The van der Waals surface area contributed by atoms with Gasteiger partial charge in [0.2, 0.25) is 0 Å². The number of allylic oxidation sites excluding steroid dienone is 2. The Morgan fingerprint density at radius 2 is 1.90 bits per heavy atom. The molecule has 31 heavy (non-hydrogen) atoms. The van der Waals surface area contributed by atoms with Crippen LogP contribution in [0.1, 0.15) is 50.2 Å². The van der Waals surface area contributed by atoms with Crippen molar-refractivity contribution in [3.63, 3.8) is 0 Å². The van der Waals surface area contributed by atoms with E-state index >= 15 is 0 Å². The highest BCUT2D eigenvalue weighted by atomic mass is 19.4.